The highest BCUT2D eigenvalue weighted by atomic mass is 32.2. The number of aldehydes is 1. The van der Waals surface area contributed by atoms with Crippen LogP contribution in [0.15, 0.2) is 15.9 Å². The SMILES string of the molecule is CCOC(=O)c1c2n(c3c(C=O)c(F)c(F)cc3c1=O)CCS2. The third kappa shape index (κ3) is 2.24. The normalized spacial score (nSPS) is 13.2. The van der Waals surface area contributed by atoms with Crippen molar-refractivity contribution in [2.75, 3.05) is 12.4 Å². The van der Waals surface area contributed by atoms with Crippen LogP contribution in [0.1, 0.15) is 27.6 Å². The van der Waals surface area contributed by atoms with Gasteiger partial charge in [-0.05, 0) is 13.0 Å². The van der Waals surface area contributed by atoms with Crippen LogP contribution in [0.3, 0.4) is 0 Å². The van der Waals surface area contributed by atoms with Crippen LogP contribution in [0.2, 0.25) is 0 Å². The van der Waals surface area contributed by atoms with Gasteiger partial charge in [-0.2, -0.15) is 0 Å². The van der Waals surface area contributed by atoms with Crippen molar-refractivity contribution in [1.82, 2.24) is 4.57 Å². The number of pyridine rings is 1. The largest absolute Gasteiger partial charge is 0.462 e. The monoisotopic (exact) mass is 339 g/mol. The van der Waals surface area contributed by atoms with E-state index >= 15 is 0 Å². The van der Waals surface area contributed by atoms with Crippen molar-refractivity contribution in [3.8, 4) is 0 Å². The smallest absolute Gasteiger partial charge is 0.344 e. The van der Waals surface area contributed by atoms with Crippen molar-refractivity contribution < 1.29 is 23.1 Å². The van der Waals surface area contributed by atoms with Gasteiger partial charge in [-0.3, -0.25) is 9.59 Å². The molecule has 5 nitrogen and oxygen atoms in total. The number of nitrogens with zero attached hydrogens (tertiary/aromatic N) is 1. The highest BCUT2D eigenvalue weighted by Gasteiger charge is 2.29. The first-order chi connectivity index (χ1) is 11.0. The predicted octanol–water partition coefficient (Wildman–Crippen LogP) is 2.37. The number of hydrogen-bond donors (Lipinski definition) is 0. The lowest BCUT2D eigenvalue weighted by Crippen LogP contribution is -2.23. The second kappa shape index (κ2) is 5.77. The molecule has 1 aliphatic rings. The number of ether oxygens (including phenoxy) is 1. The van der Waals surface area contributed by atoms with Crippen LogP contribution < -0.4 is 5.43 Å². The number of aromatic nitrogens is 1. The maximum absolute atomic E-state index is 13.9. The van der Waals surface area contributed by atoms with Gasteiger partial charge in [-0.1, -0.05) is 0 Å². The Hall–Kier alpha value is -2.22. The Bertz CT molecular complexity index is 907. The first-order valence-electron chi connectivity index (χ1n) is 6.84. The van der Waals surface area contributed by atoms with Crippen molar-refractivity contribution in [3.05, 3.63) is 39.1 Å². The molecule has 1 aliphatic heterocycles. The van der Waals surface area contributed by atoms with Crippen molar-refractivity contribution >= 4 is 34.9 Å². The molecule has 2 heterocycles. The molecule has 0 bridgehead atoms. The van der Waals surface area contributed by atoms with Gasteiger partial charge in [0.1, 0.15) is 5.56 Å². The van der Waals surface area contributed by atoms with Gasteiger partial charge in [-0.15, -0.1) is 11.8 Å². The molecule has 2 aromatic rings. The summed E-state index contributed by atoms with van der Waals surface area (Å²) in [5.74, 6) is -2.88. The van der Waals surface area contributed by atoms with Gasteiger partial charge in [0.15, 0.2) is 17.9 Å². The number of thioether (sulfide) groups is 1. The van der Waals surface area contributed by atoms with E-state index in [1.54, 1.807) is 6.92 Å². The predicted molar refractivity (Wildman–Crippen MR) is 80.2 cm³/mol. The minimum Gasteiger partial charge on any atom is -0.462 e. The third-order valence-corrected chi connectivity index (χ3v) is 4.66. The molecule has 1 aromatic heterocycles. The Labute approximate surface area is 133 Å². The molecule has 120 valence electrons. The number of carbonyl (C=O) groups is 2. The molecule has 1 aromatic carbocycles. The summed E-state index contributed by atoms with van der Waals surface area (Å²) in [4.78, 5) is 35.9. The summed E-state index contributed by atoms with van der Waals surface area (Å²) in [6.45, 7) is 2.05. The Morgan fingerprint density at radius 1 is 1.48 bits per heavy atom. The molecular formula is C15H11F2NO4S. The fourth-order valence-electron chi connectivity index (χ4n) is 2.66. The lowest BCUT2D eigenvalue weighted by molar-refractivity contribution is 0.0519. The van der Waals surface area contributed by atoms with Gasteiger partial charge in [0, 0.05) is 12.3 Å². The summed E-state index contributed by atoms with van der Waals surface area (Å²) in [5.41, 5.74) is -1.47. The maximum Gasteiger partial charge on any atom is 0.344 e. The van der Waals surface area contributed by atoms with E-state index in [2.05, 4.69) is 0 Å². The molecule has 8 heteroatoms. The Morgan fingerprint density at radius 2 is 2.22 bits per heavy atom. The van der Waals surface area contributed by atoms with Gasteiger partial charge in [0.25, 0.3) is 0 Å². The molecule has 0 fully saturated rings. The maximum atomic E-state index is 13.9. The summed E-state index contributed by atoms with van der Waals surface area (Å²) in [5, 5.41) is 0.107. The fraction of sp³-hybridized carbons (Fsp3) is 0.267. The lowest BCUT2D eigenvalue weighted by Gasteiger charge is -2.14. The summed E-state index contributed by atoms with van der Waals surface area (Å²) in [6.07, 6.45) is 0.181. The van der Waals surface area contributed by atoms with E-state index in [9.17, 15) is 23.2 Å². The van der Waals surface area contributed by atoms with E-state index in [1.807, 2.05) is 0 Å². The van der Waals surface area contributed by atoms with Crippen molar-refractivity contribution in [1.29, 1.82) is 0 Å². The van der Waals surface area contributed by atoms with E-state index < -0.39 is 28.6 Å². The average molecular weight is 339 g/mol. The Morgan fingerprint density at radius 3 is 2.87 bits per heavy atom. The zero-order chi connectivity index (χ0) is 16.7. The molecule has 0 atom stereocenters. The van der Waals surface area contributed by atoms with E-state index in [4.69, 9.17) is 4.74 Å². The number of benzene rings is 1. The molecule has 0 N–H and O–H groups in total. The van der Waals surface area contributed by atoms with Crippen LogP contribution in [0.25, 0.3) is 10.9 Å². The topological polar surface area (TPSA) is 65.4 Å². The van der Waals surface area contributed by atoms with Gasteiger partial charge >= 0.3 is 5.97 Å². The summed E-state index contributed by atoms with van der Waals surface area (Å²) in [7, 11) is 0. The lowest BCUT2D eigenvalue weighted by atomic mass is 10.1. The summed E-state index contributed by atoms with van der Waals surface area (Å²) >= 11 is 1.24. The van der Waals surface area contributed by atoms with Crippen LogP contribution in [-0.4, -0.2) is 29.2 Å². The van der Waals surface area contributed by atoms with Gasteiger partial charge in [-0.25, -0.2) is 13.6 Å². The van der Waals surface area contributed by atoms with Gasteiger partial charge in [0.2, 0.25) is 5.43 Å². The van der Waals surface area contributed by atoms with Gasteiger partial charge < -0.3 is 9.30 Å². The number of aryl methyl sites for hydroxylation is 1. The molecule has 0 unspecified atom stereocenters. The Kier molecular flexibility index (Phi) is 3.93. The zero-order valence-electron chi connectivity index (χ0n) is 12.0. The van der Waals surface area contributed by atoms with E-state index in [0.717, 1.165) is 6.07 Å². The van der Waals surface area contributed by atoms with Crippen LogP contribution >= 0.6 is 11.8 Å². The second-order valence-corrected chi connectivity index (χ2v) is 5.91. The highest BCUT2D eigenvalue weighted by molar-refractivity contribution is 7.99. The molecule has 23 heavy (non-hydrogen) atoms. The summed E-state index contributed by atoms with van der Waals surface area (Å²) < 4.78 is 34.0. The minimum absolute atomic E-state index is 0.0111. The van der Waals surface area contributed by atoms with E-state index in [1.165, 1.54) is 16.3 Å². The standard InChI is InChI=1S/C15H11F2NO4S/c1-2-22-15(21)10-13(20)7-5-9(16)11(17)8(6-19)12(7)18-3-4-23-14(10)18/h5-6H,2-4H2,1H3. The number of halogens is 2. The van der Waals surface area contributed by atoms with Crippen LogP contribution in [0.4, 0.5) is 8.78 Å². The third-order valence-electron chi connectivity index (χ3n) is 3.58. The van der Waals surface area contributed by atoms with Crippen molar-refractivity contribution in [2.24, 2.45) is 0 Å². The van der Waals surface area contributed by atoms with Crippen LogP contribution in [0.5, 0.6) is 0 Å². The fourth-order valence-corrected chi connectivity index (χ4v) is 3.78. The highest BCUT2D eigenvalue weighted by Crippen LogP contribution is 2.33. The Balaban J connectivity index is 2.50. The first kappa shape index (κ1) is 15.7. The number of hydrogen-bond acceptors (Lipinski definition) is 5. The molecule has 0 aliphatic carbocycles. The summed E-state index contributed by atoms with van der Waals surface area (Å²) in [6, 6.07) is 0.721. The molecule has 0 saturated carbocycles. The molecular weight excluding hydrogens is 328 g/mol. The number of esters is 1. The molecule has 0 amide bonds. The molecule has 0 saturated heterocycles. The first-order valence-corrected chi connectivity index (χ1v) is 7.83. The van der Waals surface area contributed by atoms with Crippen LogP contribution in [0, 0.1) is 11.6 Å². The molecule has 0 spiro atoms. The second-order valence-electron chi connectivity index (χ2n) is 4.83. The minimum atomic E-state index is -1.31. The quantitative estimate of drug-likeness (QED) is 0.634. The van der Waals surface area contributed by atoms with Crippen molar-refractivity contribution in [3.63, 3.8) is 0 Å². The van der Waals surface area contributed by atoms with Crippen LogP contribution in [-0.2, 0) is 11.3 Å². The average Bonchev–Trinajstić information content (AvgIpc) is 2.98. The zero-order valence-corrected chi connectivity index (χ0v) is 12.8. The molecule has 0 radical (unpaired) electrons. The van der Waals surface area contributed by atoms with Gasteiger partial charge in [0.05, 0.1) is 28.1 Å². The van der Waals surface area contributed by atoms with E-state index in [-0.39, 0.29) is 29.4 Å². The van der Waals surface area contributed by atoms with E-state index in [0.29, 0.717) is 17.3 Å². The number of carbonyl (C=O) groups excluding carboxylic acids is 2. The van der Waals surface area contributed by atoms with Crippen molar-refractivity contribution in [2.45, 2.75) is 18.5 Å². The number of rotatable bonds is 3. The number of fused-ring (bicyclic) bond motifs is 3. The molecule has 3 rings (SSSR count).